The van der Waals surface area contributed by atoms with Crippen LogP contribution in [0.5, 0.6) is 0 Å². The van der Waals surface area contributed by atoms with Gasteiger partial charge in [0.15, 0.2) is 17.5 Å². The number of para-hydroxylation sites is 3. The van der Waals surface area contributed by atoms with Gasteiger partial charge in [-0.15, -0.1) is 0 Å². The number of benzene rings is 8. The van der Waals surface area contributed by atoms with Crippen molar-refractivity contribution in [3.05, 3.63) is 194 Å². The van der Waals surface area contributed by atoms with Gasteiger partial charge in [-0.05, 0) is 74.6 Å². The molecule has 0 unspecified atom stereocenters. The number of fused-ring (bicyclic) bond motifs is 2. The van der Waals surface area contributed by atoms with Gasteiger partial charge in [0.05, 0.1) is 11.4 Å². The Hall–Kier alpha value is -7.11. The molecule has 252 valence electrons. The van der Waals surface area contributed by atoms with Crippen molar-refractivity contribution >= 4 is 38.6 Å². The van der Waals surface area contributed by atoms with Gasteiger partial charge < -0.3 is 10.6 Å². The fourth-order valence-corrected chi connectivity index (χ4v) is 7.07. The third-order valence-electron chi connectivity index (χ3n) is 9.70. The zero-order valence-electron chi connectivity index (χ0n) is 29.0. The van der Waals surface area contributed by atoms with E-state index in [1.807, 2.05) is 84.9 Å². The van der Waals surface area contributed by atoms with E-state index in [1.165, 1.54) is 10.9 Å². The topological polar surface area (TPSA) is 67.9 Å². The molecule has 0 atom stereocenters. The summed E-state index contributed by atoms with van der Waals surface area (Å²) >= 11 is 0. The molecule has 2 N–H and O–H groups in total. The van der Waals surface area contributed by atoms with E-state index in [0.29, 0.717) is 24.0 Å². The van der Waals surface area contributed by atoms with Crippen molar-refractivity contribution in [2.45, 2.75) is 6.54 Å². The molecule has 9 aromatic rings. The van der Waals surface area contributed by atoms with Gasteiger partial charge in [0, 0.05) is 28.9 Å². The molecule has 0 bridgehead atoms. The molecule has 0 radical (unpaired) electrons. The Labute approximate surface area is 308 Å². The van der Waals surface area contributed by atoms with E-state index in [-0.39, 0.29) is 0 Å². The molecule has 9 rings (SSSR count). The average molecular weight is 682 g/mol. The molecule has 5 heteroatoms. The lowest BCUT2D eigenvalue weighted by molar-refractivity contribution is 0.979. The van der Waals surface area contributed by atoms with Crippen LogP contribution in [0, 0.1) is 0 Å². The number of nitrogens with two attached hydrogens (primary N) is 1. The van der Waals surface area contributed by atoms with Crippen LogP contribution in [0.2, 0.25) is 0 Å². The van der Waals surface area contributed by atoms with Gasteiger partial charge in [-0.2, -0.15) is 0 Å². The van der Waals surface area contributed by atoms with Crippen LogP contribution < -0.4 is 10.6 Å². The Kier molecular flexibility index (Phi) is 8.35. The predicted molar refractivity (Wildman–Crippen MR) is 220 cm³/mol. The second kappa shape index (κ2) is 13.9. The van der Waals surface area contributed by atoms with Gasteiger partial charge >= 0.3 is 0 Å². The highest BCUT2D eigenvalue weighted by atomic mass is 15.1. The van der Waals surface area contributed by atoms with Crippen LogP contribution in [0.4, 0.5) is 17.1 Å². The Morgan fingerprint density at radius 3 is 1.72 bits per heavy atom. The van der Waals surface area contributed by atoms with E-state index >= 15 is 0 Å². The van der Waals surface area contributed by atoms with Gasteiger partial charge in [0.2, 0.25) is 0 Å². The minimum Gasteiger partial charge on any atom is -0.397 e. The highest BCUT2D eigenvalue weighted by Crippen LogP contribution is 2.39. The number of rotatable bonds is 8. The summed E-state index contributed by atoms with van der Waals surface area (Å²) in [4.78, 5) is 17.5. The van der Waals surface area contributed by atoms with Crippen LogP contribution in [0.1, 0.15) is 5.56 Å². The van der Waals surface area contributed by atoms with E-state index in [2.05, 4.69) is 108 Å². The van der Waals surface area contributed by atoms with Crippen LogP contribution in [0.3, 0.4) is 0 Å². The van der Waals surface area contributed by atoms with Crippen molar-refractivity contribution < 1.29 is 0 Å². The Balaban J connectivity index is 1.16. The summed E-state index contributed by atoms with van der Waals surface area (Å²) in [6.45, 7) is 0.678. The summed E-state index contributed by atoms with van der Waals surface area (Å²) < 4.78 is 0. The second-order valence-electron chi connectivity index (χ2n) is 13.1. The van der Waals surface area contributed by atoms with Crippen molar-refractivity contribution in [2.75, 3.05) is 10.6 Å². The molecule has 1 heterocycles. The number of hydrogen-bond acceptors (Lipinski definition) is 5. The Morgan fingerprint density at radius 2 is 1.00 bits per heavy atom. The highest BCUT2D eigenvalue weighted by molar-refractivity contribution is 6.04. The molecule has 0 saturated heterocycles. The molecule has 0 amide bonds. The molecule has 0 spiro atoms. The Morgan fingerprint density at radius 1 is 0.434 bits per heavy atom. The SMILES string of the molecule is Nc1ccccc1N(Cc1ccc2cc(-c3ccc4ccccc4c3-c3nc(-c4ccccc4)nc(-c4ccccc4)n3)ccc2c1)c1ccccc1. The van der Waals surface area contributed by atoms with Crippen molar-refractivity contribution in [1.82, 2.24) is 15.0 Å². The van der Waals surface area contributed by atoms with Gasteiger partial charge in [-0.3, -0.25) is 0 Å². The van der Waals surface area contributed by atoms with Crippen LogP contribution >= 0.6 is 0 Å². The van der Waals surface area contributed by atoms with Gasteiger partial charge in [-0.1, -0.05) is 152 Å². The third-order valence-corrected chi connectivity index (χ3v) is 9.70. The van der Waals surface area contributed by atoms with E-state index in [4.69, 9.17) is 20.7 Å². The summed E-state index contributed by atoms with van der Waals surface area (Å²) in [6, 6.07) is 65.0. The molecule has 0 aliphatic carbocycles. The first-order valence-electron chi connectivity index (χ1n) is 17.8. The van der Waals surface area contributed by atoms with Crippen molar-refractivity contribution in [3.8, 4) is 45.3 Å². The minimum absolute atomic E-state index is 0.640. The first-order chi connectivity index (χ1) is 26.2. The third kappa shape index (κ3) is 6.37. The first-order valence-corrected chi connectivity index (χ1v) is 17.8. The van der Waals surface area contributed by atoms with Crippen molar-refractivity contribution in [3.63, 3.8) is 0 Å². The molecule has 0 aliphatic heterocycles. The summed E-state index contributed by atoms with van der Waals surface area (Å²) in [5.41, 5.74) is 15.5. The smallest absolute Gasteiger partial charge is 0.165 e. The average Bonchev–Trinajstić information content (AvgIpc) is 3.23. The minimum atomic E-state index is 0.640. The van der Waals surface area contributed by atoms with E-state index in [9.17, 15) is 0 Å². The maximum atomic E-state index is 6.49. The van der Waals surface area contributed by atoms with Crippen LogP contribution in [-0.4, -0.2) is 15.0 Å². The monoisotopic (exact) mass is 681 g/mol. The fourth-order valence-electron chi connectivity index (χ4n) is 7.07. The van der Waals surface area contributed by atoms with E-state index < -0.39 is 0 Å². The van der Waals surface area contributed by atoms with Gasteiger partial charge in [0.1, 0.15) is 0 Å². The van der Waals surface area contributed by atoms with Crippen molar-refractivity contribution in [2.24, 2.45) is 0 Å². The van der Waals surface area contributed by atoms with Crippen molar-refractivity contribution in [1.29, 1.82) is 0 Å². The number of nitrogen functional groups attached to an aromatic ring is 1. The number of aromatic nitrogens is 3. The molecule has 5 nitrogen and oxygen atoms in total. The second-order valence-corrected chi connectivity index (χ2v) is 13.1. The van der Waals surface area contributed by atoms with Gasteiger partial charge in [-0.25, -0.2) is 15.0 Å². The van der Waals surface area contributed by atoms with Crippen LogP contribution in [0.15, 0.2) is 188 Å². The molecule has 53 heavy (non-hydrogen) atoms. The van der Waals surface area contributed by atoms with Crippen LogP contribution in [-0.2, 0) is 6.54 Å². The summed E-state index contributed by atoms with van der Waals surface area (Å²) in [5.74, 6) is 1.92. The molecule has 1 aromatic heterocycles. The van der Waals surface area contributed by atoms with Gasteiger partial charge in [0.25, 0.3) is 0 Å². The Bertz CT molecular complexity index is 2650. The zero-order chi connectivity index (χ0) is 35.6. The molecule has 0 saturated carbocycles. The number of anilines is 3. The molecule has 0 aliphatic rings. The van der Waals surface area contributed by atoms with Crippen LogP contribution in [0.25, 0.3) is 66.8 Å². The molecule has 8 aromatic carbocycles. The first kappa shape index (κ1) is 31.8. The summed E-state index contributed by atoms with van der Waals surface area (Å²) in [5, 5.41) is 4.54. The normalized spacial score (nSPS) is 11.2. The lowest BCUT2D eigenvalue weighted by atomic mass is 9.92. The quantitative estimate of drug-likeness (QED) is 0.162. The number of nitrogens with zero attached hydrogens (tertiary/aromatic N) is 4. The summed E-state index contributed by atoms with van der Waals surface area (Å²) in [7, 11) is 0. The fraction of sp³-hybridized carbons (Fsp3) is 0.0208. The lowest BCUT2D eigenvalue weighted by Gasteiger charge is -2.26. The highest BCUT2D eigenvalue weighted by Gasteiger charge is 2.19. The molecular weight excluding hydrogens is 647 g/mol. The lowest BCUT2D eigenvalue weighted by Crippen LogP contribution is -2.17. The maximum absolute atomic E-state index is 6.49. The predicted octanol–water partition coefficient (Wildman–Crippen LogP) is 11.8. The zero-order valence-corrected chi connectivity index (χ0v) is 29.0. The van der Waals surface area contributed by atoms with E-state index in [1.54, 1.807) is 0 Å². The largest absolute Gasteiger partial charge is 0.397 e. The summed E-state index contributed by atoms with van der Waals surface area (Å²) in [6.07, 6.45) is 0. The maximum Gasteiger partial charge on any atom is 0.165 e. The number of hydrogen-bond donors (Lipinski definition) is 1. The molecular formula is C48H35N5. The standard InChI is InChI=1S/C48H35N5/c49-43-22-12-13-23-44(43)53(40-19-8-3-9-20-40)32-33-24-25-38-31-39(27-26-37(38)30-33)42-29-28-34-14-10-11-21-41(34)45(42)48-51-46(35-15-4-1-5-16-35)50-47(52-48)36-17-6-2-7-18-36/h1-31H,32,49H2. The van der Waals surface area contributed by atoms with E-state index in [0.717, 1.165) is 61.0 Å². The molecule has 0 fully saturated rings.